The first-order valence-corrected chi connectivity index (χ1v) is 7.32. The third kappa shape index (κ3) is 3.28. The Morgan fingerprint density at radius 2 is 1.95 bits per heavy atom. The molecule has 0 aliphatic heterocycles. The number of hydrogen-bond donors (Lipinski definition) is 1. The van der Waals surface area contributed by atoms with Gasteiger partial charge in [-0.25, -0.2) is 0 Å². The second-order valence-corrected chi connectivity index (χ2v) is 5.55. The van der Waals surface area contributed by atoms with Gasteiger partial charge in [0, 0.05) is 18.6 Å². The van der Waals surface area contributed by atoms with Crippen LogP contribution in [0.4, 0.5) is 0 Å². The molecule has 1 aliphatic rings. The highest BCUT2D eigenvalue weighted by molar-refractivity contribution is 6.33. The molecule has 0 bridgehead atoms. The van der Waals surface area contributed by atoms with Crippen LogP contribution in [0.5, 0.6) is 0 Å². The molecule has 19 heavy (non-hydrogen) atoms. The van der Waals surface area contributed by atoms with Crippen LogP contribution in [0.25, 0.3) is 0 Å². The van der Waals surface area contributed by atoms with E-state index in [9.17, 15) is 4.79 Å². The lowest BCUT2D eigenvalue weighted by molar-refractivity contribution is 0.0641. The van der Waals surface area contributed by atoms with E-state index in [1.54, 1.807) is 12.1 Å². The summed E-state index contributed by atoms with van der Waals surface area (Å²) in [6.07, 6.45) is 3.98. The molecule has 1 saturated carbocycles. The van der Waals surface area contributed by atoms with Crippen molar-refractivity contribution in [3.63, 3.8) is 0 Å². The molecule has 2 rings (SSSR count). The summed E-state index contributed by atoms with van der Waals surface area (Å²) >= 11 is 6.11. The van der Waals surface area contributed by atoms with E-state index >= 15 is 0 Å². The number of nitrogens with zero attached hydrogens (tertiary/aromatic N) is 1. The molecule has 0 aromatic heterocycles. The average molecular weight is 281 g/mol. The van der Waals surface area contributed by atoms with Crippen LogP contribution in [0.1, 0.15) is 43.0 Å². The lowest BCUT2D eigenvalue weighted by atomic mass is 9.90. The summed E-state index contributed by atoms with van der Waals surface area (Å²) in [5.41, 5.74) is 6.52. The molecule has 1 fully saturated rings. The van der Waals surface area contributed by atoms with Gasteiger partial charge >= 0.3 is 0 Å². The lowest BCUT2D eigenvalue weighted by Gasteiger charge is -2.35. The third-order valence-electron chi connectivity index (χ3n) is 3.89. The molecular weight excluding hydrogens is 260 g/mol. The van der Waals surface area contributed by atoms with Crippen LogP contribution in [-0.4, -0.2) is 29.4 Å². The maximum Gasteiger partial charge on any atom is 0.255 e. The molecule has 2 N–H and O–H groups in total. The summed E-state index contributed by atoms with van der Waals surface area (Å²) in [6.45, 7) is 2.73. The molecular formula is C15H21ClN2O. The molecule has 0 atom stereocenters. The van der Waals surface area contributed by atoms with Gasteiger partial charge in [-0.2, -0.15) is 0 Å². The maximum absolute atomic E-state index is 12.6. The van der Waals surface area contributed by atoms with Crippen molar-refractivity contribution in [3.05, 3.63) is 34.9 Å². The van der Waals surface area contributed by atoms with E-state index in [1.165, 1.54) is 0 Å². The van der Waals surface area contributed by atoms with Gasteiger partial charge in [-0.1, -0.05) is 23.7 Å². The summed E-state index contributed by atoms with van der Waals surface area (Å²) in [7, 11) is 0. The molecule has 1 amide bonds. The molecule has 1 aromatic rings. The molecule has 3 nitrogen and oxygen atoms in total. The standard InChI is InChI=1S/C15H21ClN2O/c1-2-18(12-9-7-11(17)8-10-12)15(19)13-5-3-4-6-14(13)16/h3-6,11-12H,2,7-10,17H2,1H3. The molecule has 0 unspecified atom stereocenters. The van der Waals surface area contributed by atoms with Gasteiger partial charge in [0.15, 0.2) is 0 Å². The quantitative estimate of drug-likeness (QED) is 0.925. The lowest BCUT2D eigenvalue weighted by Crippen LogP contribution is -2.44. The Hall–Kier alpha value is -1.06. The minimum absolute atomic E-state index is 0.0357. The molecule has 0 spiro atoms. The molecule has 1 aliphatic carbocycles. The van der Waals surface area contributed by atoms with Crippen LogP contribution in [0, 0.1) is 0 Å². The fraction of sp³-hybridized carbons (Fsp3) is 0.533. The van der Waals surface area contributed by atoms with Gasteiger partial charge < -0.3 is 10.6 Å². The van der Waals surface area contributed by atoms with E-state index in [-0.39, 0.29) is 5.91 Å². The van der Waals surface area contributed by atoms with Crippen LogP contribution in [0.3, 0.4) is 0 Å². The number of hydrogen-bond acceptors (Lipinski definition) is 2. The molecule has 104 valence electrons. The summed E-state index contributed by atoms with van der Waals surface area (Å²) in [4.78, 5) is 14.5. The monoisotopic (exact) mass is 280 g/mol. The molecule has 4 heteroatoms. The Balaban J connectivity index is 2.13. The van der Waals surface area contributed by atoms with Gasteiger partial charge in [0.1, 0.15) is 0 Å². The van der Waals surface area contributed by atoms with Crippen LogP contribution in [0.15, 0.2) is 24.3 Å². The Labute approximate surface area is 119 Å². The maximum atomic E-state index is 12.6. The first-order valence-electron chi connectivity index (χ1n) is 6.94. The van der Waals surface area contributed by atoms with Crippen molar-refractivity contribution in [2.75, 3.05) is 6.54 Å². The van der Waals surface area contributed by atoms with Gasteiger partial charge in [-0.15, -0.1) is 0 Å². The number of benzene rings is 1. The van der Waals surface area contributed by atoms with Gasteiger partial charge in [-0.3, -0.25) is 4.79 Å². The Morgan fingerprint density at radius 1 is 1.32 bits per heavy atom. The number of carbonyl (C=O) groups is 1. The summed E-state index contributed by atoms with van der Waals surface area (Å²) in [6, 6.07) is 7.85. The second kappa shape index (κ2) is 6.40. The SMILES string of the molecule is CCN(C(=O)c1ccccc1Cl)C1CCC(N)CC1. The van der Waals surface area contributed by atoms with Crippen molar-refractivity contribution in [1.82, 2.24) is 4.90 Å². The largest absolute Gasteiger partial charge is 0.336 e. The highest BCUT2D eigenvalue weighted by atomic mass is 35.5. The first-order chi connectivity index (χ1) is 9.13. The van der Waals surface area contributed by atoms with Gasteiger partial charge in [0.25, 0.3) is 5.91 Å². The smallest absolute Gasteiger partial charge is 0.255 e. The van der Waals surface area contributed by atoms with Crippen molar-refractivity contribution < 1.29 is 4.79 Å². The third-order valence-corrected chi connectivity index (χ3v) is 4.22. The first kappa shape index (κ1) is 14.4. The van der Waals surface area contributed by atoms with Crippen molar-refractivity contribution >= 4 is 17.5 Å². The number of nitrogens with two attached hydrogens (primary N) is 1. The topological polar surface area (TPSA) is 46.3 Å². The van der Waals surface area contributed by atoms with E-state index < -0.39 is 0 Å². The van der Waals surface area contributed by atoms with Crippen molar-refractivity contribution in [1.29, 1.82) is 0 Å². The summed E-state index contributed by atoms with van der Waals surface area (Å²) in [5.74, 6) is 0.0357. The van der Waals surface area contributed by atoms with Crippen molar-refractivity contribution in [3.8, 4) is 0 Å². The minimum Gasteiger partial charge on any atom is -0.336 e. The molecule has 0 heterocycles. The van der Waals surface area contributed by atoms with E-state index in [4.69, 9.17) is 17.3 Å². The Kier molecular flexibility index (Phi) is 4.83. The minimum atomic E-state index is 0.0357. The van der Waals surface area contributed by atoms with Gasteiger partial charge in [-0.05, 0) is 44.7 Å². The zero-order valence-corrected chi connectivity index (χ0v) is 12.1. The van der Waals surface area contributed by atoms with Crippen LogP contribution in [0.2, 0.25) is 5.02 Å². The summed E-state index contributed by atoms with van der Waals surface area (Å²) < 4.78 is 0. The average Bonchev–Trinajstić information content (AvgIpc) is 2.42. The van der Waals surface area contributed by atoms with Crippen LogP contribution in [-0.2, 0) is 0 Å². The molecule has 0 radical (unpaired) electrons. The Morgan fingerprint density at radius 3 is 2.53 bits per heavy atom. The highest BCUT2D eigenvalue weighted by Crippen LogP contribution is 2.25. The zero-order chi connectivity index (χ0) is 13.8. The van der Waals surface area contributed by atoms with Gasteiger partial charge in [0.05, 0.1) is 10.6 Å². The zero-order valence-electron chi connectivity index (χ0n) is 11.3. The predicted molar refractivity (Wildman–Crippen MR) is 78.4 cm³/mol. The van der Waals surface area contributed by atoms with E-state index in [0.29, 0.717) is 29.2 Å². The fourth-order valence-corrected chi connectivity index (χ4v) is 2.99. The van der Waals surface area contributed by atoms with E-state index in [0.717, 1.165) is 25.7 Å². The van der Waals surface area contributed by atoms with Gasteiger partial charge in [0.2, 0.25) is 0 Å². The molecule has 1 aromatic carbocycles. The van der Waals surface area contributed by atoms with E-state index in [2.05, 4.69) is 0 Å². The van der Waals surface area contributed by atoms with E-state index in [1.807, 2.05) is 24.0 Å². The summed E-state index contributed by atoms with van der Waals surface area (Å²) in [5, 5.41) is 0.526. The normalized spacial score (nSPS) is 23.1. The number of amides is 1. The van der Waals surface area contributed by atoms with Crippen molar-refractivity contribution in [2.45, 2.75) is 44.7 Å². The van der Waals surface area contributed by atoms with Crippen LogP contribution < -0.4 is 5.73 Å². The molecule has 0 saturated heterocycles. The van der Waals surface area contributed by atoms with Crippen molar-refractivity contribution in [2.24, 2.45) is 5.73 Å². The number of rotatable bonds is 3. The second-order valence-electron chi connectivity index (χ2n) is 5.14. The predicted octanol–water partition coefficient (Wildman–Crippen LogP) is 3.07. The Bertz CT molecular complexity index is 442. The fourth-order valence-electron chi connectivity index (χ4n) is 2.77. The van der Waals surface area contributed by atoms with Crippen LogP contribution >= 0.6 is 11.6 Å². The number of carbonyl (C=O) groups excluding carboxylic acids is 1. The highest BCUT2D eigenvalue weighted by Gasteiger charge is 2.27. The number of halogens is 1.